The van der Waals surface area contributed by atoms with E-state index in [1.54, 1.807) is 12.1 Å². The van der Waals surface area contributed by atoms with Gasteiger partial charge in [0.05, 0.1) is 13.7 Å². The Hall–Kier alpha value is -2.71. The van der Waals surface area contributed by atoms with Gasteiger partial charge in [-0.1, -0.05) is 0 Å². The lowest BCUT2D eigenvalue weighted by Gasteiger charge is -2.20. The Morgan fingerprint density at radius 2 is 1.65 bits per heavy atom. The summed E-state index contributed by atoms with van der Waals surface area (Å²) in [5, 5.41) is 10.9. The van der Waals surface area contributed by atoms with E-state index in [9.17, 15) is 0 Å². The van der Waals surface area contributed by atoms with Crippen LogP contribution in [-0.2, 0) is 0 Å². The molecular formula is C14H20N6O3. The molecule has 0 aliphatic carbocycles. The summed E-state index contributed by atoms with van der Waals surface area (Å²) in [5.74, 6) is 1.00. The van der Waals surface area contributed by atoms with E-state index in [1.807, 2.05) is 27.7 Å². The molecule has 9 nitrogen and oxygen atoms in total. The second-order valence-corrected chi connectivity index (χ2v) is 5.55. The molecule has 0 aliphatic rings. The maximum atomic E-state index is 5.50. The third kappa shape index (κ3) is 5.20. The number of ether oxygens (including phenoxy) is 3. The number of anilines is 1. The van der Waals surface area contributed by atoms with Gasteiger partial charge in [-0.3, -0.25) is 0 Å². The second-order valence-electron chi connectivity index (χ2n) is 5.55. The van der Waals surface area contributed by atoms with Gasteiger partial charge in [-0.15, -0.1) is 15.2 Å². The zero-order valence-corrected chi connectivity index (χ0v) is 13.8. The maximum Gasteiger partial charge on any atom is 0.331 e. The first-order valence-corrected chi connectivity index (χ1v) is 7.12. The number of nitrogens with one attached hydrogen (secondary N) is 1. The number of rotatable bonds is 6. The summed E-state index contributed by atoms with van der Waals surface area (Å²) in [5.41, 5.74) is -0.220. The van der Waals surface area contributed by atoms with Crippen LogP contribution in [0.1, 0.15) is 27.7 Å². The minimum absolute atomic E-state index is 0.0575. The largest absolute Gasteiger partial charge is 0.477 e. The molecule has 0 atom stereocenters. The molecule has 2 rings (SSSR count). The molecule has 0 aromatic carbocycles. The molecule has 9 heteroatoms. The van der Waals surface area contributed by atoms with Crippen LogP contribution >= 0.6 is 0 Å². The fourth-order valence-corrected chi connectivity index (χ4v) is 1.55. The average Bonchev–Trinajstić information content (AvgIpc) is 2.47. The van der Waals surface area contributed by atoms with Crippen LogP contribution < -0.4 is 19.5 Å². The summed E-state index contributed by atoms with van der Waals surface area (Å²) in [6, 6.07) is 3.46. The van der Waals surface area contributed by atoms with Crippen molar-refractivity contribution in [1.82, 2.24) is 25.1 Å². The summed E-state index contributed by atoms with van der Waals surface area (Å²) in [7, 11) is 1.47. The van der Waals surface area contributed by atoms with Crippen molar-refractivity contribution in [3.63, 3.8) is 0 Å². The molecule has 0 bridgehead atoms. The van der Waals surface area contributed by atoms with E-state index in [0.717, 1.165) is 0 Å². The minimum Gasteiger partial charge on any atom is -0.477 e. The van der Waals surface area contributed by atoms with Crippen LogP contribution in [0.2, 0.25) is 0 Å². The molecule has 0 spiro atoms. The zero-order valence-electron chi connectivity index (χ0n) is 13.8. The summed E-state index contributed by atoms with van der Waals surface area (Å²) in [6.07, 6.45) is 0. The highest BCUT2D eigenvalue weighted by Crippen LogP contribution is 2.20. The van der Waals surface area contributed by atoms with Crippen LogP contribution in [0, 0.1) is 0 Å². The number of hydrogen-bond acceptors (Lipinski definition) is 9. The molecule has 1 N–H and O–H groups in total. The molecule has 0 fully saturated rings. The highest BCUT2D eigenvalue weighted by molar-refractivity contribution is 5.31. The Balaban J connectivity index is 2.19. The lowest BCUT2D eigenvalue weighted by molar-refractivity contribution is 0.317. The van der Waals surface area contributed by atoms with Crippen molar-refractivity contribution in [1.29, 1.82) is 0 Å². The van der Waals surface area contributed by atoms with Gasteiger partial charge in [-0.25, -0.2) is 0 Å². The quantitative estimate of drug-likeness (QED) is 0.856. The molecule has 0 amide bonds. The lowest BCUT2D eigenvalue weighted by Crippen LogP contribution is -2.27. The first kappa shape index (κ1) is 16.7. The van der Waals surface area contributed by atoms with Crippen molar-refractivity contribution < 1.29 is 14.2 Å². The highest BCUT2D eigenvalue weighted by Gasteiger charge is 2.15. The van der Waals surface area contributed by atoms with Gasteiger partial charge in [-0.2, -0.15) is 9.97 Å². The van der Waals surface area contributed by atoms with Gasteiger partial charge < -0.3 is 19.5 Å². The summed E-state index contributed by atoms with van der Waals surface area (Å²) in [6.45, 7) is 8.35. The Labute approximate surface area is 134 Å². The summed E-state index contributed by atoms with van der Waals surface area (Å²) >= 11 is 0. The van der Waals surface area contributed by atoms with Gasteiger partial charge >= 0.3 is 12.0 Å². The monoisotopic (exact) mass is 320 g/mol. The molecule has 0 unspecified atom stereocenters. The van der Waals surface area contributed by atoms with E-state index in [-0.39, 0.29) is 23.4 Å². The fourth-order valence-electron chi connectivity index (χ4n) is 1.55. The van der Waals surface area contributed by atoms with Gasteiger partial charge in [0.15, 0.2) is 0 Å². The van der Waals surface area contributed by atoms with E-state index < -0.39 is 0 Å². The van der Waals surface area contributed by atoms with Gasteiger partial charge in [0.1, 0.15) is 0 Å². The number of methoxy groups -OCH3 is 1. The number of aromatic nitrogens is 5. The second kappa shape index (κ2) is 7.03. The normalized spacial score (nSPS) is 11.0. The van der Waals surface area contributed by atoms with Crippen LogP contribution in [-0.4, -0.2) is 44.4 Å². The molecular weight excluding hydrogens is 300 g/mol. The Bertz CT molecular complexity index is 642. The van der Waals surface area contributed by atoms with Crippen molar-refractivity contribution in [3.05, 3.63) is 12.1 Å². The van der Waals surface area contributed by atoms with Crippen LogP contribution in [0.4, 0.5) is 5.95 Å². The first-order valence-electron chi connectivity index (χ1n) is 7.12. The van der Waals surface area contributed by atoms with Gasteiger partial charge in [0.2, 0.25) is 17.7 Å². The predicted molar refractivity (Wildman–Crippen MR) is 83.0 cm³/mol. The van der Waals surface area contributed by atoms with Gasteiger partial charge in [-0.05, 0) is 27.7 Å². The molecule has 2 aromatic rings. The molecule has 2 aromatic heterocycles. The van der Waals surface area contributed by atoms with Crippen LogP contribution in [0.25, 0.3) is 0 Å². The van der Waals surface area contributed by atoms with Gasteiger partial charge in [0.25, 0.3) is 0 Å². The van der Waals surface area contributed by atoms with E-state index >= 15 is 0 Å². The molecule has 124 valence electrons. The van der Waals surface area contributed by atoms with Crippen molar-refractivity contribution >= 4 is 5.95 Å². The fraction of sp³-hybridized carbons (Fsp3) is 0.500. The topological polar surface area (TPSA) is 104 Å². The summed E-state index contributed by atoms with van der Waals surface area (Å²) < 4.78 is 15.8. The minimum atomic E-state index is -0.220. The third-order valence-corrected chi connectivity index (χ3v) is 2.37. The van der Waals surface area contributed by atoms with Crippen molar-refractivity contribution in [2.75, 3.05) is 19.0 Å². The van der Waals surface area contributed by atoms with E-state index in [2.05, 4.69) is 30.5 Å². The molecule has 0 saturated carbocycles. The first-order chi connectivity index (χ1) is 10.9. The van der Waals surface area contributed by atoms with E-state index in [1.165, 1.54) is 7.11 Å². The van der Waals surface area contributed by atoms with Crippen LogP contribution in [0.15, 0.2) is 12.1 Å². The summed E-state index contributed by atoms with van der Waals surface area (Å²) in [4.78, 5) is 12.3. The molecule has 0 radical (unpaired) electrons. The standard InChI is InChI=1S/C14H20N6O3/c1-6-22-9-7-8-10(20-19-9)23-13-16-11(18-14(2,3)4)15-12(17-13)21-5/h7-8H,6H2,1-5H3,(H,15,16,17,18). The molecule has 2 heterocycles. The Morgan fingerprint density at radius 1 is 1.00 bits per heavy atom. The average molecular weight is 320 g/mol. The molecule has 0 aliphatic heterocycles. The molecule has 0 saturated heterocycles. The van der Waals surface area contributed by atoms with Gasteiger partial charge in [0, 0.05) is 17.7 Å². The predicted octanol–water partition coefficient (Wildman–Crippen LogP) is 2.07. The zero-order chi connectivity index (χ0) is 16.9. The Kier molecular flexibility index (Phi) is 5.09. The number of hydrogen-bond donors (Lipinski definition) is 1. The van der Waals surface area contributed by atoms with E-state index in [0.29, 0.717) is 18.4 Å². The van der Waals surface area contributed by atoms with Crippen molar-refractivity contribution in [3.8, 4) is 23.8 Å². The maximum absolute atomic E-state index is 5.50. The van der Waals surface area contributed by atoms with E-state index in [4.69, 9.17) is 14.2 Å². The smallest absolute Gasteiger partial charge is 0.331 e. The van der Waals surface area contributed by atoms with Crippen molar-refractivity contribution in [2.24, 2.45) is 0 Å². The highest BCUT2D eigenvalue weighted by atomic mass is 16.5. The SMILES string of the molecule is CCOc1ccc(Oc2nc(NC(C)(C)C)nc(OC)n2)nn1. The Morgan fingerprint density at radius 3 is 2.22 bits per heavy atom. The van der Waals surface area contributed by atoms with Crippen LogP contribution in [0.3, 0.4) is 0 Å². The molecule has 23 heavy (non-hydrogen) atoms. The lowest BCUT2D eigenvalue weighted by atomic mass is 10.1. The number of nitrogens with zero attached hydrogens (tertiary/aromatic N) is 5. The third-order valence-electron chi connectivity index (χ3n) is 2.37. The van der Waals surface area contributed by atoms with Crippen LogP contribution in [0.5, 0.6) is 23.8 Å². The van der Waals surface area contributed by atoms with Crippen molar-refractivity contribution in [2.45, 2.75) is 33.2 Å².